The van der Waals surface area contributed by atoms with Crippen LogP contribution in [0.4, 0.5) is 17.5 Å². The first-order valence-corrected chi connectivity index (χ1v) is 11.0. The molecule has 0 bridgehead atoms. The minimum atomic E-state index is 0.0699. The Morgan fingerprint density at radius 3 is 2.67 bits per heavy atom. The Hall–Kier alpha value is -3.27. The fourth-order valence-corrected chi connectivity index (χ4v) is 3.52. The quantitative estimate of drug-likeness (QED) is 0.271. The van der Waals surface area contributed by atoms with E-state index in [1.54, 1.807) is 31.6 Å². The number of allylic oxidation sites excluding steroid dienone is 1. The molecule has 0 aliphatic rings. The van der Waals surface area contributed by atoms with Gasteiger partial charge in [-0.1, -0.05) is 26.3 Å². The van der Waals surface area contributed by atoms with Crippen LogP contribution in [0.1, 0.15) is 37.6 Å². The predicted molar refractivity (Wildman–Crippen MR) is 135 cm³/mol. The van der Waals surface area contributed by atoms with Gasteiger partial charge in [0.25, 0.3) is 0 Å². The number of anilines is 3. The summed E-state index contributed by atoms with van der Waals surface area (Å²) in [4.78, 5) is 13.5. The number of pyridine rings is 3. The Morgan fingerprint density at radius 2 is 2.00 bits per heavy atom. The molecule has 176 valence electrons. The maximum Gasteiger partial charge on any atom is 0.133 e. The third-order valence-electron chi connectivity index (χ3n) is 5.60. The van der Waals surface area contributed by atoms with Crippen LogP contribution in [-0.4, -0.2) is 47.8 Å². The van der Waals surface area contributed by atoms with Crippen molar-refractivity contribution >= 4 is 33.9 Å². The minimum Gasteiger partial charge on any atom is -0.383 e. The maximum absolute atomic E-state index is 6.27. The summed E-state index contributed by atoms with van der Waals surface area (Å²) in [6.45, 7) is 4.84. The second kappa shape index (κ2) is 11.0. The Labute approximate surface area is 195 Å². The van der Waals surface area contributed by atoms with Crippen molar-refractivity contribution in [1.29, 1.82) is 0 Å². The van der Waals surface area contributed by atoms with Crippen LogP contribution < -0.4 is 22.2 Å². The van der Waals surface area contributed by atoms with E-state index in [1.807, 2.05) is 31.3 Å². The van der Waals surface area contributed by atoms with E-state index in [0.29, 0.717) is 30.0 Å². The van der Waals surface area contributed by atoms with Gasteiger partial charge in [-0.25, -0.2) is 20.8 Å². The zero-order valence-electron chi connectivity index (χ0n) is 20.0. The molecule has 9 nitrogen and oxygen atoms in total. The van der Waals surface area contributed by atoms with Crippen molar-refractivity contribution in [3.8, 4) is 0 Å². The number of aromatic nitrogens is 3. The van der Waals surface area contributed by atoms with Gasteiger partial charge in [-0.05, 0) is 48.2 Å². The van der Waals surface area contributed by atoms with Gasteiger partial charge in [0.15, 0.2) is 0 Å². The number of hydrogen-bond donors (Lipinski definition) is 4. The topological polar surface area (TPSA) is 127 Å². The number of rotatable bonds is 10. The molecule has 2 unspecified atom stereocenters. The Balaban J connectivity index is 1.96. The standard InChI is InChI=1S/C24H34N8O/c1-6-15(2)9-21(32(4)26)19-10-17-12-23(29-13-18(17)24(25)30-19)31-22-11-16(7-8-28-22)20(27-3)14-33-5/h7-13,15,20,27H,6,14,26H2,1-5H3,(H2,25,30)(H,28,29,31)/b21-9-. The largest absolute Gasteiger partial charge is 0.383 e. The SMILES string of the molecule is CCC(C)/C=C(/c1cc2cc(Nc3cc(C(COC)NC)ccn3)ncc2c(N)n1)N(C)N. The fraction of sp³-hybridized carbons (Fsp3) is 0.375. The van der Waals surface area contributed by atoms with Crippen LogP contribution in [-0.2, 0) is 4.74 Å². The van der Waals surface area contributed by atoms with E-state index < -0.39 is 0 Å². The summed E-state index contributed by atoms with van der Waals surface area (Å²) in [7, 11) is 5.39. The molecule has 3 rings (SSSR count). The van der Waals surface area contributed by atoms with Crippen LogP contribution in [0.15, 0.2) is 42.7 Å². The molecule has 33 heavy (non-hydrogen) atoms. The van der Waals surface area contributed by atoms with Gasteiger partial charge in [-0.15, -0.1) is 0 Å². The number of nitrogens with zero attached hydrogens (tertiary/aromatic N) is 4. The van der Waals surface area contributed by atoms with Gasteiger partial charge in [-0.3, -0.25) is 0 Å². The van der Waals surface area contributed by atoms with Crippen molar-refractivity contribution in [2.24, 2.45) is 11.8 Å². The van der Waals surface area contributed by atoms with Crippen LogP contribution >= 0.6 is 0 Å². The summed E-state index contributed by atoms with van der Waals surface area (Å²) in [5.74, 6) is 8.23. The lowest BCUT2D eigenvalue weighted by Gasteiger charge is -2.19. The highest BCUT2D eigenvalue weighted by molar-refractivity contribution is 5.93. The summed E-state index contributed by atoms with van der Waals surface area (Å²) in [6, 6.07) is 7.93. The Morgan fingerprint density at radius 1 is 1.24 bits per heavy atom. The van der Waals surface area contributed by atoms with Gasteiger partial charge in [0.1, 0.15) is 17.5 Å². The number of methoxy groups -OCH3 is 1. The predicted octanol–water partition coefficient (Wildman–Crippen LogP) is 3.45. The number of ether oxygens (including phenoxy) is 1. The molecular weight excluding hydrogens is 416 g/mol. The molecule has 3 heterocycles. The zero-order valence-corrected chi connectivity index (χ0v) is 20.0. The van der Waals surface area contributed by atoms with E-state index in [2.05, 4.69) is 45.5 Å². The average molecular weight is 451 g/mol. The first-order chi connectivity index (χ1) is 15.9. The van der Waals surface area contributed by atoms with Crippen molar-refractivity contribution in [2.45, 2.75) is 26.3 Å². The van der Waals surface area contributed by atoms with Gasteiger partial charge >= 0.3 is 0 Å². The van der Waals surface area contributed by atoms with Crippen LogP contribution in [0.2, 0.25) is 0 Å². The van der Waals surface area contributed by atoms with E-state index in [-0.39, 0.29) is 6.04 Å². The van der Waals surface area contributed by atoms with Crippen LogP contribution in [0.25, 0.3) is 16.5 Å². The van der Waals surface area contributed by atoms with Gasteiger partial charge in [0, 0.05) is 31.9 Å². The molecule has 6 N–H and O–H groups in total. The normalized spacial score (nSPS) is 13.7. The summed E-state index contributed by atoms with van der Waals surface area (Å²) in [6.07, 6.45) is 6.60. The van der Waals surface area contributed by atoms with Crippen LogP contribution in [0, 0.1) is 5.92 Å². The zero-order chi connectivity index (χ0) is 24.0. The third-order valence-corrected chi connectivity index (χ3v) is 5.60. The molecule has 0 fully saturated rings. The molecular formula is C24H34N8O. The van der Waals surface area contributed by atoms with Gasteiger partial charge in [0.2, 0.25) is 0 Å². The lowest BCUT2D eigenvalue weighted by Crippen LogP contribution is -2.25. The van der Waals surface area contributed by atoms with E-state index in [1.165, 1.54) is 0 Å². The molecule has 0 saturated carbocycles. The van der Waals surface area contributed by atoms with E-state index in [9.17, 15) is 0 Å². The molecule has 0 saturated heterocycles. The lowest BCUT2D eigenvalue weighted by atomic mass is 10.1. The number of hydrogen-bond acceptors (Lipinski definition) is 9. The lowest BCUT2D eigenvalue weighted by molar-refractivity contribution is 0.170. The van der Waals surface area contributed by atoms with Gasteiger partial charge in [0.05, 0.1) is 24.0 Å². The van der Waals surface area contributed by atoms with E-state index in [4.69, 9.17) is 16.3 Å². The minimum absolute atomic E-state index is 0.0699. The second-order valence-corrected chi connectivity index (χ2v) is 8.13. The molecule has 0 aliphatic carbocycles. The summed E-state index contributed by atoms with van der Waals surface area (Å²) < 4.78 is 5.29. The second-order valence-electron chi connectivity index (χ2n) is 8.13. The van der Waals surface area contributed by atoms with Gasteiger partial charge < -0.3 is 26.1 Å². The van der Waals surface area contributed by atoms with E-state index in [0.717, 1.165) is 34.1 Å². The van der Waals surface area contributed by atoms with E-state index >= 15 is 0 Å². The molecule has 0 aromatic carbocycles. The van der Waals surface area contributed by atoms with Crippen LogP contribution in [0.5, 0.6) is 0 Å². The summed E-state index contributed by atoms with van der Waals surface area (Å²) in [5, 5.41) is 9.81. The highest BCUT2D eigenvalue weighted by atomic mass is 16.5. The Kier molecular flexibility index (Phi) is 8.16. The highest BCUT2D eigenvalue weighted by Crippen LogP contribution is 2.28. The number of nitrogens with two attached hydrogens (primary N) is 2. The highest BCUT2D eigenvalue weighted by Gasteiger charge is 2.13. The molecule has 3 aromatic heterocycles. The van der Waals surface area contributed by atoms with Crippen molar-refractivity contribution < 1.29 is 4.74 Å². The smallest absolute Gasteiger partial charge is 0.133 e. The van der Waals surface area contributed by atoms with Gasteiger partial charge in [-0.2, -0.15) is 0 Å². The van der Waals surface area contributed by atoms with Crippen molar-refractivity contribution in [3.05, 3.63) is 54.0 Å². The van der Waals surface area contributed by atoms with Crippen LogP contribution in [0.3, 0.4) is 0 Å². The molecule has 0 radical (unpaired) electrons. The average Bonchev–Trinajstić information content (AvgIpc) is 2.80. The molecule has 0 amide bonds. The van der Waals surface area contributed by atoms with Crippen molar-refractivity contribution in [3.63, 3.8) is 0 Å². The molecule has 9 heteroatoms. The molecule has 3 aromatic rings. The number of nitrogens with one attached hydrogen (secondary N) is 2. The number of hydrazine groups is 1. The number of fused-ring (bicyclic) bond motifs is 1. The summed E-state index contributed by atoms with van der Waals surface area (Å²) >= 11 is 0. The third kappa shape index (κ3) is 5.95. The first-order valence-electron chi connectivity index (χ1n) is 11.0. The molecule has 0 aliphatic heterocycles. The fourth-order valence-electron chi connectivity index (χ4n) is 3.52. The number of nitrogen functional groups attached to an aromatic ring is 1. The van der Waals surface area contributed by atoms with Crippen molar-refractivity contribution in [1.82, 2.24) is 25.3 Å². The summed E-state index contributed by atoms with van der Waals surface area (Å²) in [5.41, 5.74) is 8.89. The Bertz CT molecular complexity index is 1110. The monoisotopic (exact) mass is 450 g/mol. The molecule has 0 spiro atoms. The van der Waals surface area contributed by atoms with Crippen molar-refractivity contribution in [2.75, 3.05) is 38.9 Å². The first kappa shape index (κ1) is 24.4. The maximum atomic E-state index is 6.27. The molecule has 2 atom stereocenters. The number of likely N-dealkylation sites (N-methyl/N-ethyl adjacent to an activating group) is 1.